The van der Waals surface area contributed by atoms with Gasteiger partial charge in [0.15, 0.2) is 0 Å². The molecule has 0 saturated heterocycles. The first-order chi connectivity index (χ1) is 22.5. The number of rotatable bonds is 6. The summed E-state index contributed by atoms with van der Waals surface area (Å²) in [6.07, 6.45) is 9.15. The molecular weight excluding hydrogens is 743 g/mol. The van der Waals surface area contributed by atoms with Crippen LogP contribution in [-0.2, 0) is 38.0 Å². The van der Waals surface area contributed by atoms with Gasteiger partial charge in [0.05, 0.1) is 8.07 Å². The Hall–Kier alpha value is -2.09. The summed E-state index contributed by atoms with van der Waals surface area (Å²) >= 11 is 0. The maximum absolute atomic E-state index is 2.66. The van der Waals surface area contributed by atoms with Gasteiger partial charge in [0.1, 0.15) is 0 Å². The molecule has 0 aromatic heterocycles. The van der Waals surface area contributed by atoms with Crippen LogP contribution in [0, 0.1) is 5.92 Å². The summed E-state index contributed by atoms with van der Waals surface area (Å²) in [5, 5.41) is 6.48. The number of hydrogen-bond acceptors (Lipinski definition) is 0. The summed E-state index contributed by atoms with van der Waals surface area (Å²) in [6, 6.07) is 31.5. The van der Waals surface area contributed by atoms with E-state index >= 15 is 0 Å². The molecule has 0 N–H and O–H groups in total. The second-order valence-corrected chi connectivity index (χ2v) is 20.9. The molecule has 5 aromatic carbocycles. The third kappa shape index (κ3) is 6.13. The molecule has 1 saturated carbocycles. The van der Waals surface area contributed by atoms with Gasteiger partial charge in [-0.25, -0.2) is 0 Å². The molecule has 0 spiro atoms. The van der Waals surface area contributed by atoms with Gasteiger partial charge in [0.2, 0.25) is 0 Å². The van der Waals surface area contributed by atoms with Crippen LogP contribution >= 0.6 is 0 Å². The topological polar surface area (TPSA) is 0 Å². The molecule has 5 aromatic rings. The molecular formula is C46H51Cl2SiZr. The molecule has 1 atom stereocenters. The van der Waals surface area contributed by atoms with Gasteiger partial charge >= 0.3 is 26.2 Å². The van der Waals surface area contributed by atoms with E-state index in [4.69, 9.17) is 0 Å². The van der Waals surface area contributed by atoms with Gasteiger partial charge in [-0.1, -0.05) is 162 Å². The number of halogens is 2. The minimum atomic E-state index is -1.98. The quantitative estimate of drug-likeness (QED) is 0.152. The fraction of sp³-hybridized carbons (Fsp3) is 0.370. The molecule has 1 fully saturated rings. The molecule has 2 aliphatic carbocycles. The number of aryl methyl sites for hydroxylation is 1. The summed E-state index contributed by atoms with van der Waals surface area (Å²) in [5.74, 6) is 1.55. The molecule has 0 amide bonds. The van der Waals surface area contributed by atoms with E-state index in [1.807, 2.05) is 0 Å². The first-order valence-electron chi connectivity index (χ1n) is 18.3. The van der Waals surface area contributed by atoms with Gasteiger partial charge < -0.3 is 24.8 Å². The van der Waals surface area contributed by atoms with Crippen molar-refractivity contribution < 1.29 is 51.0 Å². The van der Waals surface area contributed by atoms with Crippen molar-refractivity contribution in [2.24, 2.45) is 5.92 Å². The van der Waals surface area contributed by atoms with Crippen LogP contribution in [0.15, 0.2) is 84.4 Å². The molecule has 1 radical (unpaired) electrons. The zero-order chi connectivity index (χ0) is 32.8. The smallest absolute Gasteiger partial charge is 1.00 e. The van der Waals surface area contributed by atoms with Crippen molar-refractivity contribution in [1.29, 1.82) is 0 Å². The van der Waals surface area contributed by atoms with E-state index in [0.29, 0.717) is 17.8 Å². The van der Waals surface area contributed by atoms with Crippen LogP contribution in [0.5, 0.6) is 0 Å². The van der Waals surface area contributed by atoms with Crippen molar-refractivity contribution in [3.8, 4) is 22.3 Å². The Morgan fingerprint density at radius 3 is 2.06 bits per heavy atom. The molecule has 1 unspecified atom stereocenters. The first-order valence-corrected chi connectivity index (χ1v) is 21.3. The van der Waals surface area contributed by atoms with Crippen molar-refractivity contribution in [1.82, 2.24) is 0 Å². The molecule has 50 heavy (non-hydrogen) atoms. The second-order valence-electron chi connectivity index (χ2n) is 16.7. The number of fused-ring (bicyclic) bond motifs is 2. The van der Waals surface area contributed by atoms with Crippen molar-refractivity contribution in [2.45, 2.75) is 104 Å². The Bertz CT molecular complexity index is 2050. The maximum atomic E-state index is 2.66. The predicted molar refractivity (Wildman–Crippen MR) is 208 cm³/mol. The molecule has 2 bridgehead atoms. The predicted octanol–water partition coefficient (Wildman–Crippen LogP) is 5.74. The summed E-state index contributed by atoms with van der Waals surface area (Å²) in [5.41, 5.74) is 16.6. The molecule has 1 heterocycles. The van der Waals surface area contributed by atoms with Crippen molar-refractivity contribution in [2.75, 3.05) is 0 Å². The fourth-order valence-electron chi connectivity index (χ4n) is 9.66. The summed E-state index contributed by atoms with van der Waals surface area (Å²) < 4.78 is 0. The Morgan fingerprint density at radius 2 is 1.46 bits per heavy atom. The average molecular weight is 794 g/mol. The molecule has 8 rings (SSSR count). The fourth-order valence-corrected chi connectivity index (χ4v) is 13.7. The van der Waals surface area contributed by atoms with Gasteiger partial charge in [0.25, 0.3) is 0 Å². The van der Waals surface area contributed by atoms with E-state index in [9.17, 15) is 0 Å². The average Bonchev–Trinajstić information content (AvgIpc) is 3.82. The van der Waals surface area contributed by atoms with E-state index in [1.54, 1.807) is 38.0 Å². The number of benzene rings is 4. The normalized spacial score (nSPS) is 17.5. The molecule has 257 valence electrons. The van der Waals surface area contributed by atoms with Crippen LogP contribution in [0.4, 0.5) is 0 Å². The van der Waals surface area contributed by atoms with Crippen LogP contribution in [0.3, 0.4) is 0 Å². The van der Waals surface area contributed by atoms with Gasteiger partial charge in [-0.05, 0) is 75.5 Å². The van der Waals surface area contributed by atoms with Crippen molar-refractivity contribution in [3.63, 3.8) is 0 Å². The van der Waals surface area contributed by atoms with E-state index < -0.39 is 8.07 Å². The van der Waals surface area contributed by atoms with E-state index in [1.165, 1.54) is 70.0 Å². The minimum absolute atomic E-state index is 0. The summed E-state index contributed by atoms with van der Waals surface area (Å²) in [7, 11) is -1.98. The van der Waals surface area contributed by atoms with Crippen LogP contribution in [0.1, 0.15) is 112 Å². The van der Waals surface area contributed by atoms with Crippen LogP contribution < -0.4 is 35.2 Å². The maximum Gasteiger partial charge on any atom is 3.00 e. The zero-order valence-corrected chi connectivity index (χ0v) is 36.1. The first kappa shape index (κ1) is 39.1. The third-order valence-corrected chi connectivity index (χ3v) is 15.7. The van der Waals surface area contributed by atoms with Crippen LogP contribution in [0.2, 0.25) is 13.1 Å². The van der Waals surface area contributed by atoms with E-state index in [0.717, 1.165) is 6.42 Å². The van der Waals surface area contributed by atoms with Crippen LogP contribution in [-0.4, -0.2) is 8.07 Å². The summed E-state index contributed by atoms with van der Waals surface area (Å²) in [6.45, 7) is 19.2. The summed E-state index contributed by atoms with van der Waals surface area (Å²) in [4.78, 5) is 0. The Kier molecular flexibility index (Phi) is 11.3. The molecule has 0 nitrogen and oxygen atoms in total. The minimum Gasteiger partial charge on any atom is -1.00 e. The van der Waals surface area contributed by atoms with Gasteiger partial charge in [-0.15, -0.1) is 33.7 Å². The van der Waals surface area contributed by atoms with Gasteiger partial charge in [-0.2, -0.15) is 0 Å². The SMILES string of the molecule is CCc1[cH-]c2cc(C3C(C4CCCC4)=Cc4c(-c5ccc(C(C)C)cc5)cccc43)c3c(-c4ccc(C(C)(C)C)cc4)c2c1[Si]3(C)C.[Cl-].[Cl-].[Zr+3]. The molecule has 4 heteroatoms. The Balaban J connectivity index is 0.00000162. The van der Waals surface area contributed by atoms with E-state index in [-0.39, 0.29) is 56.4 Å². The number of hydrogen-bond donors (Lipinski definition) is 0. The third-order valence-electron chi connectivity index (χ3n) is 12.1. The van der Waals surface area contributed by atoms with Crippen molar-refractivity contribution >= 4 is 35.3 Å². The zero-order valence-electron chi connectivity index (χ0n) is 31.1. The molecule has 1 aliphatic heterocycles. The monoisotopic (exact) mass is 791 g/mol. The Morgan fingerprint density at radius 1 is 0.820 bits per heavy atom. The number of allylic oxidation sites excluding steroid dienone is 1. The van der Waals surface area contributed by atoms with Crippen LogP contribution in [0.25, 0.3) is 39.1 Å². The van der Waals surface area contributed by atoms with Gasteiger partial charge in [-0.3, -0.25) is 0 Å². The standard InChI is InChI=1S/C46H51Si.2ClH.Zr/c1-9-29-25-34-26-40(45-41(42(34)44(29)47(45,7)8)33-21-23-35(24-22-33)46(4,5)6)43-37-16-12-15-36(32-19-17-30(18-20-32)28(2)3)39(37)27-38(43)31-13-10-11-14-31;;;/h12,15-28,31,43H,9-11,13-14H2,1-8H3;2*1H;/q-1;;;+3/p-2. The largest absolute Gasteiger partial charge is 3.00 e. The van der Waals surface area contributed by atoms with E-state index in [2.05, 4.69) is 140 Å². The second kappa shape index (κ2) is 14.4. The van der Waals surface area contributed by atoms with Crippen molar-refractivity contribution in [3.05, 3.63) is 118 Å². The van der Waals surface area contributed by atoms with Gasteiger partial charge in [0, 0.05) is 5.92 Å². The Labute approximate surface area is 333 Å². The molecule has 3 aliphatic rings.